The minimum absolute atomic E-state index is 0.188. The lowest BCUT2D eigenvalue weighted by molar-refractivity contribution is -0.135. The van der Waals surface area contributed by atoms with Gasteiger partial charge in [0.15, 0.2) is 0 Å². The second kappa shape index (κ2) is 7.34. The Kier molecular flexibility index (Phi) is 6.43. The lowest BCUT2D eigenvalue weighted by Crippen LogP contribution is -2.34. The molecule has 108 valence electrons. The molecule has 2 nitrogen and oxygen atoms in total. The van der Waals surface area contributed by atoms with E-state index in [0.29, 0.717) is 18.6 Å². The fraction of sp³-hybridized carbons (Fsp3) is 1.00. The number of hydrogen-bond donors (Lipinski definition) is 1. The molecule has 0 saturated carbocycles. The topological polar surface area (TPSA) is 15.3 Å². The molecule has 1 aliphatic heterocycles. The average molecular weight is 266 g/mol. The molecule has 1 rings (SSSR count). The third kappa shape index (κ3) is 6.59. The van der Waals surface area contributed by atoms with Crippen molar-refractivity contribution in [2.75, 3.05) is 19.6 Å². The first-order valence-electron chi connectivity index (χ1n) is 6.92. The Bertz CT molecular complexity index is 229. The van der Waals surface area contributed by atoms with Crippen LogP contribution >= 0.6 is 0 Å². The summed E-state index contributed by atoms with van der Waals surface area (Å²) in [6, 6.07) is 0.955. The van der Waals surface area contributed by atoms with Crippen molar-refractivity contribution in [1.29, 1.82) is 0 Å². The Balaban J connectivity index is 2.16. The van der Waals surface area contributed by atoms with E-state index in [-0.39, 0.29) is 6.42 Å². The van der Waals surface area contributed by atoms with E-state index >= 15 is 0 Å². The van der Waals surface area contributed by atoms with Gasteiger partial charge in [0.25, 0.3) is 0 Å². The van der Waals surface area contributed by atoms with Crippen LogP contribution in [0.5, 0.6) is 0 Å². The summed E-state index contributed by atoms with van der Waals surface area (Å²) in [6.45, 7) is 7.02. The van der Waals surface area contributed by atoms with Gasteiger partial charge >= 0.3 is 6.18 Å². The lowest BCUT2D eigenvalue weighted by Gasteiger charge is -2.24. The van der Waals surface area contributed by atoms with E-state index in [4.69, 9.17) is 0 Å². The predicted molar refractivity (Wildman–Crippen MR) is 67.6 cm³/mol. The van der Waals surface area contributed by atoms with Crippen LogP contribution in [0.1, 0.15) is 46.0 Å². The Hall–Kier alpha value is -0.290. The van der Waals surface area contributed by atoms with E-state index in [1.165, 1.54) is 0 Å². The molecule has 1 unspecified atom stereocenters. The molecule has 0 spiro atoms. The largest absolute Gasteiger partial charge is 0.389 e. The number of rotatable bonds is 5. The van der Waals surface area contributed by atoms with Crippen LogP contribution in [0.3, 0.4) is 0 Å². The van der Waals surface area contributed by atoms with E-state index in [2.05, 4.69) is 24.1 Å². The van der Waals surface area contributed by atoms with Gasteiger partial charge in [0.05, 0.1) is 0 Å². The second-order valence-electron chi connectivity index (χ2n) is 5.43. The minimum Gasteiger partial charge on any atom is -0.314 e. The SMILES string of the molecule is CC(C)N1CCCC(NCCCC(F)(F)F)CC1. The number of alkyl halides is 3. The summed E-state index contributed by atoms with van der Waals surface area (Å²) >= 11 is 0. The van der Waals surface area contributed by atoms with Crippen molar-refractivity contribution in [3.8, 4) is 0 Å². The third-order valence-electron chi connectivity index (χ3n) is 3.56. The quantitative estimate of drug-likeness (QED) is 0.769. The van der Waals surface area contributed by atoms with Crippen molar-refractivity contribution < 1.29 is 13.2 Å². The fourth-order valence-electron chi connectivity index (χ4n) is 2.43. The number of nitrogens with one attached hydrogen (secondary N) is 1. The molecule has 0 bridgehead atoms. The van der Waals surface area contributed by atoms with Crippen molar-refractivity contribution in [1.82, 2.24) is 10.2 Å². The number of likely N-dealkylation sites (tertiary alicyclic amines) is 1. The highest BCUT2D eigenvalue weighted by molar-refractivity contribution is 4.76. The van der Waals surface area contributed by atoms with Gasteiger partial charge in [-0.25, -0.2) is 0 Å². The maximum Gasteiger partial charge on any atom is 0.389 e. The van der Waals surface area contributed by atoms with Gasteiger partial charge in [-0.15, -0.1) is 0 Å². The third-order valence-corrected chi connectivity index (χ3v) is 3.56. The molecule has 0 aromatic heterocycles. The molecule has 1 fully saturated rings. The average Bonchev–Trinajstić information content (AvgIpc) is 2.48. The summed E-state index contributed by atoms with van der Waals surface area (Å²) in [7, 11) is 0. The highest BCUT2D eigenvalue weighted by Crippen LogP contribution is 2.21. The van der Waals surface area contributed by atoms with Gasteiger partial charge in [-0.2, -0.15) is 13.2 Å². The van der Waals surface area contributed by atoms with Crippen molar-refractivity contribution in [2.24, 2.45) is 0 Å². The first kappa shape index (κ1) is 15.8. The molecule has 0 aromatic rings. The smallest absolute Gasteiger partial charge is 0.314 e. The molecule has 1 atom stereocenters. The fourth-order valence-corrected chi connectivity index (χ4v) is 2.43. The Labute approximate surface area is 108 Å². The van der Waals surface area contributed by atoms with Crippen LogP contribution in [0.25, 0.3) is 0 Å². The number of hydrogen-bond acceptors (Lipinski definition) is 2. The molecular formula is C13H25F3N2. The molecule has 18 heavy (non-hydrogen) atoms. The van der Waals surface area contributed by atoms with E-state index in [1.807, 2.05) is 0 Å². The van der Waals surface area contributed by atoms with Crippen LogP contribution in [0, 0.1) is 0 Å². The van der Waals surface area contributed by atoms with Crippen molar-refractivity contribution in [3.05, 3.63) is 0 Å². The molecule has 5 heteroatoms. The second-order valence-corrected chi connectivity index (χ2v) is 5.43. The van der Waals surface area contributed by atoms with E-state index in [0.717, 1.165) is 32.4 Å². The van der Waals surface area contributed by atoms with Gasteiger partial charge in [-0.1, -0.05) is 0 Å². The molecule has 1 N–H and O–H groups in total. The molecular weight excluding hydrogens is 241 g/mol. The van der Waals surface area contributed by atoms with Crippen LogP contribution in [0.2, 0.25) is 0 Å². The molecule has 1 aliphatic rings. The number of halogens is 3. The molecule has 0 aromatic carbocycles. The molecule has 1 saturated heterocycles. The highest BCUT2D eigenvalue weighted by atomic mass is 19.4. The Morgan fingerprint density at radius 3 is 2.56 bits per heavy atom. The summed E-state index contributed by atoms with van der Waals surface area (Å²) in [5, 5.41) is 3.27. The zero-order valence-corrected chi connectivity index (χ0v) is 11.4. The molecule has 1 heterocycles. The van der Waals surface area contributed by atoms with E-state index in [1.54, 1.807) is 0 Å². The highest BCUT2D eigenvalue weighted by Gasteiger charge is 2.26. The van der Waals surface area contributed by atoms with Crippen LogP contribution in [0.15, 0.2) is 0 Å². The van der Waals surface area contributed by atoms with Gasteiger partial charge in [-0.3, -0.25) is 0 Å². The maximum absolute atomic E-state index is 12.0. The summed E-state index contributed by atoms with van der Waals surface area (Å²) in [5.41, 5.74) is 0. The zero-order chi connectivity index (χ0) is 13.6. The standard InChI is InChI=1S/C13H25F3N2/c1-11(2)18-9-3-5-12(6-10-18)17-8-4-7-13(14,15)16/h11-12,17H,3-10H2,1-2H3. The molecule has 0 radical (unpaired) electrons. The van der Waals surface area contributed by atoms with Gasteiger partial charge in [0, 0.05) is 18.5 Å². The van der Waals surface area contributed by atoms with Crippen LogP contribution in [-0.2, 0) is 0 Å². The summed E-state index contributed by atoms with van der Waals surface area (Å²) < 4.78 is 36.0. The van der Waals surface area contributed by atoms with E-state index in [9.17, 15) is 13.2 Å². The first-order chi connectivity index (χ1) is 8.38. The van der Waals surface area contributed by atoms with Crippen LogP contribution in [0.4, 0.5) is 13.2 Å². The van der Waals surface area contributed by atoms with Gasteiger partial charge in [0.2, 0.25) is 0 Å². The van der Waals surface area contributed by atoms with Gasteiger partial charge < -0.3 is 10.2 Å². The molecule has 0 aliphatic carbocycles. The zero-order valence-electron chi connectivity index (χ0n) is 11.4. The predicted octanol–water partition coefficient (Wildman–Crippen LogP) is 3.18. The Morgan fingerprint density at radius 2 is 1.94 bits per heavy atom. The Morgan fingerprint density at radius 1 is 1.22 bits per heavy atom. The lowest BCUT2D eigenvalue weighted by atomic mass is 10.1. The number of nitrogens with zero attached hydrogens (tertiary/aromatic N) is 1. The van der Waals surface area contributed by atoms with Crippen molar-refractivity contribution in [3.63, 3.8) is 0 Å². The summed E-state index contributed by atoms with van der Waals surface area (Å²) in [5.74, 6) is 0. The van der Waals surface area contributed by atoms with Crippen molar-refractivity contribution >= 4 is 0 Å². The summed E-state index contributed by atoms with van der Waals surface area (Å²) in [6.07, 6.45) is -1.24. The van der Waals surface area contributed by atoms with Crippen molar-refractivity contribution in [2.45, 2.75) is 64.2 Å². The summed E-state index contributed by atoms with van der Waals surface area (Å²) in [4.78, 5) is 2.44. The maximum atomic E-state index is 12.0. The first-order valence-corrected chi connectivity index (χ1v) is 6.92. The van der Waals surface area contributed by atoms with E-state index < -0.39 is 12.6 Å². The van der Waals surface area contributed by atoms with Crippen LogP contribution < -0.4 is 5.32 Å². The normalized spacial score (nSPS) is 23.3. The van der Waals surface area contributed by atoms with Gasteiger partial charge in [0.1, 0.15) is 0 Å². The monoisotopic (exact) mass is 266 g/mol. The van der Waals surface area contributed by atoms with Crippen LogP contribution in [-0.4, -0.2) is 42.8 Å². The molecule has 0 amide bonds. The minimum atomic E-state index is -4.01. The van der Waals surface area contributed by atoms with Gasteiger partial charge in [-0.05, 0) is 59.2 Å².